The third-order valence-electron chi connectivity index (χ3n) is 9.10. The van der Waals surface area contributed by atoms with Gasteiger partial charge in [-0.1, -0.05) is 0 Å². The molecule has 0 nitrogen and oxygen atoms in total. The molecule has 0 saturated carbocycles. The first-order valence-corrected chi connectivity index (χ1v) is 25.1. The van der Waals surface area contributed by atoms with Gasteiger partial charge in [0.05, 0.1) is 0 Å². The topological polar surface area (TPSA) is 0 Å². The number of fused-ring (bicyclic) bond motifs is 4. The van der Waals surface area contributed by atoms with Gasteiger partial charge < -0.3 is 0 Å². The quantitative estimate of drug-likeness (QED) is 0.164. The van der Waals surface area contributed by atoms with Crippen LogP contribution in [0.2, 0.25) is 0 Å². The van der Waals surface area contributed by atoms with Crippen molar-refractivity contribution < 1.29 is 17.9 Å². The Balaban J connectivity index is 1.49. The van der Waals surface area contributed by atoms with Gasteiger partial charge in [-0.05, 0) is 0 Å². The predicted octanol–water partition coefficient (Wildman–Crippen LogP) is 8.44. The molecule has 0 bridgehead atoms. The van der Waals surface area contributed by atoms with Crippen LogP contribution < -0.4 is 13.6 Å². The van der Waals surface area contributed by atoms with Crippen LogP contribution in [0.1, 0.15) is 52.2 Å². The molecule has 2 aliphatic rings. The van der Waals surface area contributed by atoms with Crippen molar-refractivity contribution in [1.29, 1.82) is 0 Å². The Labute approximate surface area is 263 Å². The molecule has 1 unspecified atom stereocenters. The van der Waals surface area contributed by atoms with Crippen LogP contribution in [0.25, 0.3) is 33.9 Å². The summed E-state index contributed by atoms with van der Waals surface area (Å²) in [7, 11) is 15.3. The molecule has 5 aromatic rings. The molecule has 1 atom stereocenters. The van der Waals surface area contributed by atoms with E-state index >= 15 is 0 Å². The average Bonchev–Trinajstić information content (AvgIpc) is 3.56. The Morgan fingerprint density at radius 3 is 2.10 bits per heavy atom. The normalized spacial score (nSPS) is 16.2. The molecular weight excluding hydrogens is 647 g/mol. The number of hydrogen-bond acceptors (Lipinski definition) is 0. The summed E-state index contributed by atoms with van der Waals surface area (Å²) in [5.74, 6) is 0. The Morgan fingerprint density at radius 2 is 1.36 bits per heavy atom. The van der Waals surface area contributed by atoms with Crippen LogP contribution >= 0.6 is 17.0 Å². The van der Waals surface area contributed by atoms with Crippen molar-refractivity contribution in [3.05, 3.63) is 137 Å². The third kappa shape index (κ3) is 4.58. The zero-order chi connectivity index (χ0) is 29.2. The van der Waals surface area contributed by atoms with E-state index in [1.54, 1.807) is 0 Å². The van der Waals surface area contributed by atoms with Gasteiger partial charge in [0, 0.05) is 0 Å². The molecule has 208 valence electrons. The molecule has 5 aromatic carbocycles. The van der Waals surface area contributed by atoms with Gasteiger partial charge in [0.1, 0.15) is 0 Å². The molecule has 0 fully saturated rings. The maximum absolute atomic E-state index is 7.98. The summed E-state index contributed by atoms with van der Waals surface area (Å²) in [6, 6.07) is 39.9. The molecule has 42 heavy (non-hydrogen) atoms. The number of allylic oxidation sites excluding steroid dienone is 1. The molecule has 7 rings (SSSR count). The van der Waals surface area contributed by atoms with Gasteiger partial charge in [-0.15, -0.1) is 0 Å². The van der Waals surface area contributed by atoms with Crippen molar-refractivity contribution in [2.45, 2.75) is 36.7 Å². The third-order valence-corrected chi connectivity index (χ3v) is 23.3. The van der Waals surface area contributed by atoms with Crippen LogP contribution in [0.5, 0.6) is 0 Å². The van der Waals surface area contributed by atoms with E-state index in [-0.39, 0.29) is 9.04 Å². The van der Waals surface area contributed by atoms with Gasteiger partial charge in [-0.3, -0.25) is 0 Å². The Bertz CT molecular complexity index is 1880. The second-order valence-electron chi connectivity index (χ2n) is 12.7. The summed E-state index contributed by atoms with van der Waals surface area (Å²) < 4.78 is 1.26. The average molecular weight is 681 g/mol. The molecule has 1 heterocycles. The first-order valence-electron chi connectivity index (χ1n) is 14.7. The minimum atomic E-state index is -4.14. The van der Waals surface area contributed by atoms with Crippen molar-refractivity contribution in [3.8, 4) is 22.3 Å². The molecule has 1 aliphatic carbocycles. The molecule has 0 spiro atoms. The summed E-state index contributed by atoms with van der Waals surface area (Å²) >= 11 is -4.14. The molecule has 0 aromatic heterocycles. The molecule has 0 N–H and O–H groups in total. The maximum atomic E-state index is 7.98. The number of aryl methyl sites for hydroxylation is 1. The molecule has 4 heteroatoms. The van der Waals surface area contributed by atoms with E-state index in [4.69, 9.17) is 17.0 Å². The first kappa shape index (κ1) is 28.3. The zero-order valence-electron chi connectivity index (χ0n) is 24.5. The van der Waals surface area contributed by atoms with E-state index in [0.29, 0.717) is 0 Å². The first-order chi connectivity index (χ1) is 20.2. The SMILES string of the molecule is Cc1ccccc1-c1c(C(C)(C)C)ccc2c1C=C(c1ccccc1)[CH]2[Zr]([Cl])([Cl])[c]1cccc2c1[SiH2]c1ccccc1-2. The van der Waals surface area contributed by atoms with E-state index in [1.165, 1.54) is 69.3 Å². The summed E-state index contributed by atoms with van der Waals surface area (Å²) in [6.45, 7) is 9.16. The van der Waals surface area contributed by atoms with Crippen LogP contribution in [-0.2, 0) is 23.3 Å². The predicted molar refractivity (Wildman–Crippen MR) is 183 cm³/mol. The van der Waals surface area contributed by atoms with Crippen LogP contribution in [0.3, 0.4) is 0 Å². The van der Waals surface area contributed by atoms with Crippen molar-refractivity contribution in [2.75, 3.05) is 0 Å². The fraction of sp³-hybridized carbons (Fsp3) is 0.158. The summed E-state index contributed by atoms with van der Waals surface area (Å²) in [4.78, 5) is 0. The van der Waals surface area contributed by atoms with Gasteiger partial charge in [-0.25, -0.2) is 0 Å². The Morgan fingerprint density at radius 1 is 0.690 bits per heavy atom. The van der Waals surface area contributed by atoms with Gasteiger partial charge in [-0.2, -0.15) is 0 Å². The fourth-order valence-corrected chi connectivity index (χ4v) is 23.6. The number of benzene rings is 5. The van der Waals surface area contributed by atoms with Gasteiger partial charge >= 0.3 is 266 Å². The van der Waals surface area contributed by atoms with E-state index in [1.807, 2.05) is 0 Å². The van der Waals surface area contributed by atoms with Crippen molar-refractivity contribution in [3.63, 3.8) is 0 Å². The van der Waals surface area contributed by atoms with Gasteiger partial charge in [0.15, 0.2) is 0 Å². The van der Waals surface area contributed by atoms with Crippen molar-refractivity contribution >= 4 is 51.8 Å². The summed E-state index contributed by atoms with van der Waals surface area (Å²) in [6.07, 6.45) is 2.43. The van der Waals surface area contributed by atoms with Crippen LogP contribution in [-0.4, -0.2) is 9.52 Å². The zero-order valence-corrected chi connectivity index (χ0v) is 29.9. The van der Waals surface area contributed by atoms with Crippen LogP contribution in [0, 0.1) is 6.92 Å². The molecular formula is C38H34Cl2SiZr. The molecule has 0 saturated heterocycles. The van der Waals surface area contributed by atoms with E-state index in [2.05, 4.69) is 143 Å². The van der Waals surface area contributed by atoms with E-state index in [9.17, 15) is 0 Å². The minimum absolute atomic E-state index is 0.0129. The summed E-state index contributed by atoms with van der Waals surface area (Å²) in [5, 5.41) is 2.96. The van der Waals surface area contributed by atoms with Crippen LogP contribution in [0.15, 0.2) is 109 Å². The Hall–Kier alpha value is -2.48. The van der Waals surface area contributed by atoms with Gasteiger partial charge in [0.2, 0.25) is 0 Å². The second kappa shape index (κ2) is 10.6. The number of halogens is 2. The fourth-order valence-electron chi connectivity index (χ4n) is 7.11. The van der Waals surface area contributed by atoms with E-state index in [0.717, 1.165) is 0 Å². The standard InChI is InChI=1S/C26H25.C12H9Si.2ClH.Zr/c1-18-10-8-9-13-22(18)25-23-17-21(19-11-6-5-7-12-19)16-20(23)14-15-24(25)26(2,3)4;1-3-7-11-9(5-1)10-6-2-4-8-12(10)13-11;;;/h5-17H,1-4H3;1-7H,13H2;2*1H;/q;;;;+2/p-2. The molecule has 0 radical (unpaired) electrons. The Kier molecular flexibility index (Phi) is 7.14. The van der Waals surface area contributed by atoms with Crippen LogP contribution in [0.4, 0.5) is 0 Å². The summed E-state index contributed by atoms with van der Waals surface area (Å²) in [5.41, 5.74) is 13.0. The molecule has 1 aliphatic heterocycles. The number of rotatable bonds is 4. The van der Waals surface area contributed by atoms with Crippen molar-refractivity contribution in [1.82, 2.24) is 0 Å². The van der Waals surface area contributed by atoms with Crippen molar-refractivity contribution in [2.24, 2.45) is 0 Å². The monoisotopic (exact) mass is 678 g/mol. The van der Waals surface area contributed by atoms with Gasteiger partial charge in [0.25, 0.3) is 0 Å². The molecule has 0 amide bonds. The number of hydrogen-bond donors (Lipinski definition) is 0. The van der Waals surface area contributed by atoms with E-state index < -0.39 is 27.4 Å². The second-order valence-corrected chi connectivity index (χ2v) is 28.6.